The minimum atomic E-state index is 0.118. The Morgan fingerprint density at radius 2 is 1.88 bits per heavy atom. The molecule has 16 heavy (non-hydrogen) atoms. The highest BCUT2D eigenvalue weighted by Crippen LogP contribution is 2.36. The Morgan fingerprint density at radius 1 is 1.31 bits per heavy atom. The number of nitrogens with one attached hydrogen (secondary N) is 1. The van der Waals surface area contributed by atoms with Crippen LogP contribution in [0.5, 0.6) is 0 Å². The van der Waals surface area contributed by atoms with Crippen LogP contribution < -0.4 is 5.32 Å². The molecule has 94 valence electrons. The zero-order valence-corrected chi connectivity index (χ0v) is 11.8. The molecular weight excluding hydrogens is 218 g/mol. The van der Waals surface area contributed by atoms with Crippen molar-refractivity contribution in [1.29, 1.82) is 0 Å². The van der Waals surface area contributed by atoms with E-state index in [1.54, 1.807) is 6.92 Å². The normalized spacial score (nSPS) is 26.5. The summed E-state index contributed by atoms with van der Waals surface area (Å²) in [5.41, 5.74) is 0. The lowest BCUT2D eigenvalue weighted by atomic mass is 9.81. The first-order chi connectivity index (χ1) is 7.43. The topological polar surface area (TPSA) is 29.1 Å². The van der Waals surface area contributed by atoms with Gasteiger partial charge in [-0.05, 0) is 44.3 Å². The number of hydrogen-bond acceptors (Lipinski definition) is 2. The van der Waals surface area contributed by atoms with Gasteiger partial charge in [-0.25, -0.2) is 0 Å². The molecule has 3 heteroatoms. The lowest BCUT2D eigenvalue weighted by Crippen LogP contribution is -2.37. The SMILES string of the molecule is CSC(C)(C)C[C@H]1CC[C@H](NC(C)=O)CC1. The van der Waals surface area contributed by atoms with Crippen molar-refractivity contribution in [3.05, 3.63) is 0 Å². The van der Waals surface area contributed by atoms with Crippen molar-refractivity contribution in [2.24, 2.45) is 5.92 Å². The summed E-state index contributed by atoms with van der Waals surface area (Å²) < 4.78 is 0.408. The fourth-order valence-corrected chi connectivity index (χ4v) is 2.98. The highest BCUT2D eigenvalue weighted by Gasteiger charge is 2.27. The second-order valence-electron chi connectivity index (χ2n) is 5.59. The lowest BCUT2D eigenvalue weighted by Gasteiger charge is -2.33. The minimum absolute atomic E-state index is 0.118. The Hall–Kier alpha value is -0.180. The molecule has 1 N–H and O–H groups in total. The molecule has 0 saturated heterocycles. The van der Waals surface area contributed by atoms with E-state index in [1.165, 1.54) is 19.3 Å². The van der Waals surface area contributed by atoms with E-state index in [4.69, 9.17) is 0 Å². The maximum atomic E-state index is 11.0. The predicted molar refractivity (Wildman–Crippen MR) is 71.8 cm³/mol. The van der Waals surface area contributed by atoms with Gasteiger partial charge in [0.1, 0.15) is 0 Å². The number of carbonyl (C=O) groups excluding carboxylic acids is 1. The van der Waals surface area contributed by atoms with Crippen LogP contribution in [0.15, 0.2) is 0 Å². The fourth-order valence-electron chi connectivity index (χ4n) is 2.58. The van der Waals surface area contributed by atoms with Gasteiger partial charge in [-0.1, -0.05) is 13.8 Å². The maximum Gasteiger partial charge on any atom is 0.217 e. The summed E-state index contributed by atoms with van der Waals surface area (Å²) in [4.78, 5) is 11.0. The van der Waals surface area contributed by atoms with E-state index in [-0.39, 0.29) is 5.91 Å². The van der Waals surface area contributed by atoms with E-state index in [0.717, 1.165) is 18.8 Å². The van der Waals surface area contributed by atoms with Crippen LogP contribution in [0.25, 0.3) is 0 Å². The molecule has 1 aliphatic carbocycles. The van der Waals surface area contributed by atoms with Crippen molar-refractivity contribution in [2.45, 2.75) is 63.7 Å². The van der Waals surface area contributed by atoms with E-state index in [1.807, 2.05) is 11.8 Å². The molecule has 2 nitrogen and oxygen atoms in total. The molecule has 1 rings (SSSR count). The van der Waals surface area contributed by atoms with Gasteiger partial charge in [0.25, 0.3) is 0 Å². The average molecular weight is 243 g/mol. The molecule has 0 radical (unpaired) electrons. The summed E-state index contributed by atoms with van der Waals surface area (Å²) in [5, 5.41) is 3.03. The van der Waals surface area contributed by atoms with Crippen molar-refractivity contribution in [1.82, 2.24) is 5.32 Å². The zero-order chi connectivity index (χ0) is 12.2. The van der Waals surface area contributed by atoms with Crippen molar-refractivity contribution < 1.29 is 4.79 Å². The molecule has 0 unspecified atom stereocenters. The number of rotatable bonds is 4. The van der Waals surface area contributed by atoms with Crippen molar-refractivity contribution in [2.75, 3.05) is 6.26 Å². The van der Waals surface area contributed by atoms with Gasteiger partial charge >= 0.3 is 0 Å². The summed E-state index contributed by atoms with van der Waals surface area (Å²) in [6, 6.07) is 0.436. The Bertz CT molecular complexity index is 232. The van der Waals surface area contributed by atoms with E-state index in [0.29, 0.717) is 10.8 Å². The predicted octanol–water partition coefficient (Wildman–Crippen LogP) is 3.21. The number of thioether (sulfide) groups is 1. The van der Waals surface area contributed by atoms with Gasteiger partial charge in [-0.2, -0.15) is 11.8 Å². The van der Waals surface area contributed by atoms with Crippen LogP contribution in [0.3, 0.4) is 0 Å². The van der Waals surface area contributed by atoms with Gasteiger partial charge in [-0.3, -0.25) is 4.79 Å². The summed E-state index contributed by atoms with van der Waals surface area (Å²) >= 11 is 1.96. The molecule has 0 aromatic rings. The molecule has 1 amide bonds. The lowest BCUT2D eigenvalue weighted by molar-refractivity contribution is -0.119. The van der Waals surface area contributed by atoms with E-state index >= 15 is 0 Å². The molecule has 0 heterocycles. The number of amides is 1. The first-order valence-electron chi connectivity index (χ1n) is 6.25. The van der Waals surface area contributed by atoms with Crippen LogP contribution in [0, 0.1) is 5.92 Å². The van der Waals surface area contributed by atoms with Crippen LogP contribution in [-0.4, -0.2) is 23.0 Å². The van der Waals surface area contributed by atoms with Gasteiger partial charge in [0.2, 0.25) is 5.91 Å². The van der Waals surface area contributed by atoms with Crippen LogP contribution in [-0.2, 0) is 4.79 Å². The van der Waals surface area contributed by atoms with Gasteiger partial charge < -0.3 is 5.32 Å². The molecule has 1 saturated carbocycles. The smallest absolute Gasteiger partial charge is 0.217 e. The van der Waals surface area contributed by atoms with Gasteiger partial charge in [0, 0.05) is 17.7 Å². The summed E-state index contributed by atoms with van der Waals surface area (Å²) in [5.74, 6) is 0.973. The Labute approximate surface area is 104 Å². The molecule has 0 aromatic heterocycles. The van der Waals surface area contributed by atoms with Gasteiger partial charge in [-0.15, -0.1) is 0 Å². The molecule has 0 atom stereocenters. The molecule has 0 aliphatic heterocycles. The summed E-state index contributed by atoms with van der Waals surface area (Å²) in [7, 11) is 0. The first-order valence-corrected chi connectivity index (χ1v) is 7.47. The molecule has 0 aromatic carbocycles. The highest BCUT2D eigenvalue weighted by molar-refractivity contribution is 7.99. The van der Waals surface area contributed by atoms with E-state index in [9.17, 15) is 4.79 Å². The van der Waals surface area contributed by atoms with Crippen molar-refractivity contribution >= 4 is 17.7 Å². The average Bonchev–Trinajstić information content (AvgIpc) is 2.20. The molecule has 0 bridgehead atoms. The van der Waals surface area contributed by atoms with Crippen LogP contribution in [0.4, 0.5) is 0 Å². The summed E-state index contributed by atoms with van der Waals surface area (Å²) in [6.07, 6.45) is 8.37. The maximum absolute atomic E-state index is 11.0. The molecule has 0 spiro atoms. The van der Waals surface area contributed by atoms with E-state index in [2.05, 4.69) is 25.4 Å². The molecule has 1 aliphatic rings. The zero-order valence-electron chi connectivity index (χ0n) is 11.0. The Kier molecular flexibility index (Phi) is 5.16. The first kappa shape index (κ1) is 13.9. The third kappa shape index (κ3) is 4.77. The fraction of sp³-hybridized carbons (Fsp3) is 0.923. The second-order valence-corrected chi connectivity index (χ2v) is 7.10. The standard InChI is InChI=1S/C13H25NOS/c1-10(15)14-12-7-5-11(6-8-12)9-13(2,3)16-4/h11-12H,5-9H2,1-4H3,(H,14,15)/t11-,12-. The summed E-state index contributed by atoms with van der Waals surface area (Å²) in [6.45, 7) is 6.28. The highest BCUT2D eigenvalue weighted by atomic mass is 32.2. The van der Waals surface area contributed by atoms with Gasteiger partial charge in [0.15, 0.2) is 0 Å². The number of hydrogen-bond donors (Lipinski definition) is 1. The number of carbonyl (C=O) groups is 1. The van der Waals surface area contributed by atoms with E-state index < -0.39 is 0 Å². The largest absolute Gasteiger partial charge is 0.354 e. The van der Waals surface area contributed by atoms with Gasteiger partial charge in [0.05, 0.1) is 0 Å². The van der Waals surface area contributed by atoms with Crippen LogP contribution in [0.2, 0.25) is 0 Å². The van der Waals surface area contributed by atoms with Crippen molar-refractivity contribution in [3.63, 3.8) is 0 Å². The monoisotopic (exact) mass is 243 g/mol. The van der Waals surface area contributed by atoms with Crippen LogP contribution in [0.1, 0.15) is 52.9 Å². The van der Waals surface area contributed by atoms with Crippen LogP contribution >= 0.6 is 11.8 Å². The Balaban J connectivity index is 2.29. The minimum Gasteiger partial charge on any atom is -0.354 e. The molecular formula is C13H25NOS. The quantitative estimate of drug-likeness (QED) is 0.821. The third-order valence-electron chi connectivity index (χ3n) is 3.59. The third-order valence-corrected chi connectivity index (χ3v) is 4.86. The Morgan fingerprint density at radius 3 is 2.31 bits per heavy atom. The van der Waals surface area contributed by atoms with Crippen molar-refractivity contribution in [3.8, 4) is 0 Å². The molecule has 1 fully saturated rings. The second kappa shape index (κ2) is 5.95.